The van der Waals surface area contributed by atoms with Crippen LogP contribution in [0.4, 0.5) is 17.6 Å². The van der Waals surface area contributed by atoms with E-state index in [0.717, 1.165) is 13.2 Å². The van der Waals surface area contributed by atoms with Crippen molar-refractivity contribution < 1.29 is 22.3 Å². The summed E-state index contributed by atoms with van der Waals surface area (Å²) < 4.78 is 57.3. The number of rotatable bonds is 2. The molecule has 0 radical (unpaired) electrons. The van der Waals surface area contributed by atoms with Crippen LogP contribution >= 0.6 is 0 Å². The predicted octanol–water partition coefficient (Wildman–Crippen LogP) is 5.79. The smallest absolute Gasteiger partial charge is 0.253 e. The number of ether oxygens (including phenoxy) is 1. The van der Waals surface area contributed by atoms with E-state index in [9.17, 15) is 17.6 Å². The van der Waals surface area contributed by atoms with Crippen molar-refractivity contribution in [3.63, 3.8) is 0 Å². The number of piperidine rings is 2. The molecule has 3 nitrogen and oxygen atoms in total. The topological polar surface area (TPSA) is 15.7 Å². The summed E-state index contributed by atoms with van der Waals surface area (Å²) in [7, 11) is 0. The van der Waals surface area contributed by atoms with Crippen molar-refractivity contribution in [2.75, 3.05) is 39.4 Å². The van der Waals surface area contributed by atoms with Crippen LogP contribution in [0.25, 0.3) is 0 Å². The zero-order valence-electron chi connectivity index (χ0n) is 19.8. The molecule has 0 saturated carbocycles. The van der Waals surface area contributed by atoms with Gasteiger partial charge in [0.05, 0.1) is 19.3 Å². The Hall–Kier alpha value is -0.400. The third-order valence-corrected chi connectivity index (χ3v) is 5.79. The highest BCUT2D eigenvalue weighted by Crippen LogP contribution is 2.34. The van der Waals surface area contributed by atoms with Crippen molar-refractivity contribution in [1.29, 1.82) is 0 Å². The van der Waals surface area contributed by atoms with Crippen LogP contribution in [-0.4, -0.2) is 73.1 Å². The van der Waals surface area contributed by atoms with Gasteiger partial charge in [-0.25, -0.2) is 17.6 Å². The third kappa shape index (κ3) is 8.70. The molecule has 0 spiro atoms. The van der Waals surface area contributed by atoms with Gasteiger partial charge in [0.1, 0.15) is 0 Å². The van der Waals surface area contributed by atoms with Crippen LogP contribution in [-0.2, 0) is 4.74 Å². The molecule has 3 heterocycles. The Kier molecular flexibility index (Phi) is 12.9. The van der Waals surface area contributed by atoms with E-state index < -0.39 is 23.7 Å². The summed E-state index contributed by atoms with van der Waals surface area (Å²) in [5.41, 5.74) is 0. The van der Waals surface area contributed by atoms with E-state index >= 15 is 0 Å². The fraction of sp³-hybridized carbons (Fsp3) is 1.00. The van der Waals surface area contributed by atoms with Crippen LogP contribution < -0.4 is 0 Å². The maximum Gasteiger partial charge on any atom is 0.253 e. The maximum absolute atomic E-state index is 13.1. The van der Waals surface area contributed by atoms with Crippen LogP contribution in [0.1, 0.15) is 68.2 Å². The first kappa shape index (κ1) is 28.6. The van der Waals surface area contributed by atoms with Gasteiger partial charge in [-0.3, -0.25) is 4.90 Å². The lowest BCUT2D eigenvalue weighted by Gasteiger charge is -2.43. The summed E-state index contributed by atoms with van der Waals surface area (Å²) in [5, 5.41) is 0. The highest BCUT2D eigenvalue weighted by atomic mass is 19.3. The van der Waals surface area contributed by atoms with Gasteiger partial charge in [-0.15, -0.1) is 0 Å². The van der Waals surface area contributed by atoms with Crippen LogP contribution in [0.2, 0.25) is 0 Å². The molecule has 3 aliphatic rings. The van der Waals surface area contributed by atoms with Crippen LogP contribution in [0, 0.1) is 11.8 Å². The molecule has 3 fully saturated rings. The normalized spacial score (nSPS) is 29.3. The molecular formula is C22H44F4N2O. The van der Waals surface area contributed by atoms with Crippen LogP contribution in [0.5, 0.6) is 0 Å². The Morgan fingerprint density at radius 2 is 1.24 bits per heavy atom. The van der Waals surface area contributed by atoms with Crippen LogP contribution in [0.15, 0.2) is 0 Å². The molecule has 3 rings (SSSR count). The van der Waals surface area contributed by atoms with E-state index in [0.29, 0.717) is 38.3 Å². The fourth-order valence-corrected chi connectivity index (χ4v) is 3.47. The lowest BCUT2D eigenvalue weighted by Crippen LogP contribution is -2.56. The standard InChI is InChI=1S/C9H15F2NO.C9H17F2N.2C2H6/c1-7-4-12(8-5-13-6-8)3-2-9(7,10)11;1-7(2)12-5-4-9(10,11)8(3)6-12;2*1-2/h7-8H,2-6H2,1H3;7-8H,4-6H2,1-3H3;2*1-2H3. The first-order chi connectivity index (χ1) is 13.5. The molecule has 176 valence electrons. The zero-order chi connectivity index (χ0) is 22.8. The number of hydrogen-bond donors (Lipinski definition) is 0. The highest BCUT2D eigenvalue weighted by molar-refractivity contribution is 4.88. The molecule has 0 aromatic heterocycles. The van der Waals surface area contributed by atoms with Gasteiger partial charge in [0.25, 0.3) is 11.8 Å². The second-order valence-electron chi connectivity index (χ2n) is 8.10. The van der Waals surface area contributed by atoms with E-state index in [1.165, 1.54) is 0 Å². The monoisotopic (exact) mass is 428 g/mol. The summed E-state index contributed by atoms with van der Waals surface area (Å²) in [4.78, 5) is 4.24. The molecule has 2 unspecified atom stereocenters. The molecule has 29 heavy (non-hydrogen) atoms. The van der Waals surface area contributed by atoms with E-state index in [1.807, 2.05) is 27.7 Å². The van der Waals surface area contributed by atoms with Gasteiger partial charge >= 0.3 is 0 Å². The molecule has 0 aliphatic carbocycles. The Morgan fingerprint density at radius 1 is 0.793 bits per heavy atom. The molecule has 0 bridgehead atoms. The van der Waals surface area contributed by atoms with Crippen LogP contribution in [0.3, 0.4) is 0 Å². The summed E-state index contributed by atoms with van der Waals surface area (Å²) in [6, 6.07) is 0.794. The van der Waals surface area contributed by atoms with E-state index in [2.05, 4.69) is 23.6 Å². The van der Waals surface area contributed by atoms with E-state index in [1.54, 1.807) is 13.8 Å². The number of nitrogens with zero attached hydrogens (tertiary/aromatic N) is 2. The van der Waals surface area contributed by atoms with Gasteiger partial charge in [0.2, 0.25) is 0 Å². The molecule has 0 amide bonds. The molecular weight excluding hydrogens is 384 g/mol. The number of hydrogen-bond acceptors (Lipinski definition) is 3. The minimum atomic E-state index is -2.46. The van der Waals surface area contributed by atoms with Crippen molar-refractivity contribution in [1.82, 2.24) is 9.80 Å². The molecule has 0 aromatic rings. The second kappa shape index (κ2) is 13.1. The summed E-state index contributed by atoms with van der Waals surface area (Å²) >= 11 is 0. The lowest BCUT2D eigenvalue weighted by molar-refractivity contribution is -0.138. The SMILES string of the molecule is CC.CC.CC(C)N1CCC(F)(F)C(C)C1.CC1CN(C2COC2)CCC1(F)F. The molecule has 0 aromatic carbocycles. The van der Waals surface area contributed by atoms with Gasteiger partial charge in [0.15, 0.2) is 0 Å². The number of halogens is 4. The third-order valence-electron chi connectivity index (χ3n) is 5.79. The second-order valence-corrected chi connectivity index (χ2v) is 8.10. The van der Waals surface area contributed by atoms with Gasteiger partial charge in [-0.2, -0.15) is 0 Å². The van der Waals surface area contributed by atoms with E-state index in [-0.39, 0.29) is 12.8 Å². The first-order valence-electron chi connectivity index (χ1n) is 11.3. The van der Waals surface area contributed by atoms with Crippen molar-refractivity contribution in [3.05, 3.63) is 0 Å². The largest absolute Gasteiger partial charge is 0.378 e. The highest BCUT2D eigenvalue weighted by Gasteiger charge is 2.43. The van der Waals surface area contributed by atoms with E-state index in [4.69, 9.17) is 4.74 Å². The predicted molar refractivity (Wildman–Crippen MR) is 113 cm³/mol. The fourth-order valence-electron chi connectivity index (χ4n) is 3.47. The van der Waals surface area contributed by atoms with Gasteiger partial charge < -0.3 is 9.64 Å². The number of likely N-dealkylation sites (tertiary alicyclic amines) is 2. The molecule has 0 N–H and O–H groups in total. The Labute approximate surface area is 176 Å². The molecule has 2 atom stereocenters. The zero-order valence-corrected chi connectivity index (χ0v) is 19.8. The Bertz CT molecular complexity index is 431. The minimum Gasteiger partial charge on any atom is -0.378 e. The van der Waals surface area contributed by atoms with Gasteiger partial charge in [-0.1, -0.05) is 41.5 Å². The average Bonchev–Trinajstić information content (AvgIpc) is 2.63. The maximum atomic E-state index is 13.1. The summed E-state index contributed by atoms with van der Waals surface area (Å²) in [5.74, 6) is -5.90. The number of alkyl halides is 4. The molecule has 3 aliphatic heterocycles. The minimum absolute atomic E-state index is 0.00463. The Morgan fingerprint density at radius 3 is 1.59 bits per heavy atom. The van der Waals surface area contributed by atoms with Gasteiger partial charge in [-0.05, 0) is 13.8 Å². The van der Waals surface area contributed by atoms with Crippen molar-refractivity contribution in [2.24, 2.45) is 11.8 Å². The lowest BCUT2D eigenvalue weighted by atomic mass is 9.94. The van der Waals surface area contributed by atoms with Crippen molar-refractivity contribution >= 4 is 0 Å². The first-order valence-corrected chi connectivity index (χ1v) is 11.3. The summed E-state index contributed by atoms with van der Waals surface area (Å²) in [6.45, 7) is 18.9. The quantitative estimate of drug-likeness (QED) is 0.518. The van der Waals surface area contributed by atoms with Gasteiger partial charge in [0, 0.05) is 56.9 Å². The Balaban J connectivity index is 0.000000463. The van der Waals surface area contributed by atoms with Crippen molar-refractivity contribution in [3.8, 4) is 0 Å². The molecule has 3 saturated heterocycles. The summed E-state index contributed by atoms with van der Waals surface area (Å²) in [6.07, 6.45) is 0.0248. The van der Waals surface area contributed by atoms with Crippen molar-refractivity contribution in [2.45, 2.75) is 92.2 Å². The average molecular weight is 429 g/mol. The molecule has 7 heteroatoms.